The maximum atomic E-state index is 11.1. The minimum Gasteiger partial charge on any atom is -0.493 e. The molecule has 2 aromatic carbocycles. The Morgan fingerprint density at radius 2 is 1.93 bits per heavy atom. The summed E-state index contributed by atoms with van der Waals surface area (Å²) < 4.78 is 11.7. The Hall–Kier alpha value is -3.35. The molecule has 1 N–H and O–H groups in total. The lowest BCUT2D eigenvalue weighted by Crippen LogP contribution is -2.37. The smallest absolute Gasteiger partial charge is 0.209 e. The van der Waals surface area contributed by atoms with Gasteiger partial charge in [0.15, 0.2) is 11.5 Å². The van der Waals surface area contributed by atoms with Crippen molar-refractivity contribution in [2.75, 3.05) is 20.2 Å². The van der Waals surface area contributed by atoms with Crippen molar-refractivity contribution in [1.82, 2.24) is 15.1 Å². The maximum absolute atomic E-state index is 11.1. The van der Waals surface area contributed by atoms with Crippen molar-refractivity contribution < 1.29 is 19.1 Å². The highest BCUT2D eigenvalue weighted by atomic mass is 16.5. The summed E-state index contributed by atoms with van der Waals surface area (Å²) in [5.74, 6) is 1.29. The second kappa shape index (κ2) is 7.72. The number of rotatable bonds is 6. The highest BCUT2D eigenvalue weighted by Crippen LogP contribution is 2.35. The fourth-order valence-corrected chi connectivity index (χ4v) is 3.52. The number of likely N-dealkylation sites (tertiary alicyclic amines) is 1. The first kappa shape index (κ1) is 18.0. The number of benzene rings is 2. The van der Waals surface area contributed by atoms with E-state index in [9.17, 15) is 9.59 Å². The van der Waals surface area contributed by atoms with Gasteiger partial charge in [0.2, 0.25) is 6.41 Å². The summed E-state index contributed by atoms with van der Waals surface area (Å²) in [6.45, 7) is 1.40. The fraction of sp³-hybridized carbons (Fsp3) is 0.286. The van der Waals surface area contributed by atoms with Crippen LogP contribution < -0.4 is 9.47 Å². The number of hydrogen-bond donors (Lipinski definition) is 1. The van der Waals surface area contributed by atoms with Crippen LogP contribution in [0.25, 0.3) is 22.2 Å². The monoisotopic (exact) mass is 379 g/mol. The molecule has 0 atom stereocenters. The van der Waals surface area contributed by atoms with E-state index in [1.54, 1.807) is 18.1 Å². The van der Waals surface area contributed by atoms with E-state index in [2.05, 4.69) is 10.2 Å². The second-order valence-corrected chi connectivity index (χ2v) is 6.82. The molecule has 3 aromatic rings. The summed E-state index contributed by atoms with van der Waals surface area (Å²) in [5, 5.41) is 8.27. The Kier molecular flexibility index (Phi) is 4.97. The van der Waals surface area contributed by atoms with Gasteiger partial charge < -0.3 is 14.4 Å². The SMILES string of the molecule is COc1cc(-c2n[nH]c3ccc(C=O)cc23)ccc1OC1CCN(C=O)CC1. The second-order valence-electron chi connectivity index (χ2n) is 6.82. The number of fused-ring (bicyclic) bond motifs is 1. The fourth-order valence-electron chi connectivity index (χ4n) is 3.52. The van der Waals surface area contributed by atoms with Crippen LogP contribution in [0.1, 0.15) is 23.2 Å². The van der Waals surface area contributed by atoms with Crippen LogP contribution in [0.5, 0.6) is 11.5 Å². The van der Waals surface area contributed by atoms with Gasteiger partial charge in [0.25, 0.3) is 0 Å². The molecular formula is C21H21N3O4. The summed E-state index contributed by atoms with van der Waals surface area (Å²) in [5.41, 5.74) is 3.09. The molecule has 7 heteroatoms. The molecule has 1 aliphatic heterocycles. The average Bonchev–Trinajstić information content (AvgIpc) is 3.17. The Balaban J connectivity index is 1.61. The third-order valence-corrected chi connectivity index (χ3v) is 5.08. The number of H-pyrrole nitrogens is 1. The van der Waals surface area contributed by atoms with Crippen molar-refractivity contribution in [3.63, 3.8) is 0 Å². The summed E-state index contributed by atoms with van der Waals surface area (Å²) in [6, 6.07) is 11.1. The number of nitrogens with zero attached hydrogens (tertiary/aromatic N) is 2. The topological polar surface area (TPSA) is 84.5 Å². The van der Waals surface area contributed by atoms with Crippen LogP contribution >= 0.6 is 0 Å². The molecule has 0 saturated carbocycles. The number of aromatic nitrogens is 2. The molecule has 0 radical (unpaired) electrons. The molecule has 4 rings (SSSR count). The highest BCUT2D eigenvalue weighted by Gasteiger charge is 2.21. The molecule has 0 unspecified atom stereocenters. The van der Waals surface area contributed by atoms with E-state index in [4.69, 9.17) is 9.47 Å². The Labute approximate surface area is 162 Å². The summed E-state index contributed by atoms with van der Waals surface area (Å²) in [6.07, 6.45) is 3.35. The lowest BCUT2D eigenvalue weighted by atomic mass is 10.0. The molecule has 7 nitrogen and oxygen atoms in total. The molecule has 0 aliphatic carbocycles. The number of methoxy groups -OCH3 is 1. The van der Waals surface area contributed by atoms with Gasteiger partial charge in [-0.25, -0.2) is 0 Å². The number of aromatic amines is 1. The third kappa shape index (κ3) is 3.43. The van der Waals surface area contributed by atoms with E-state index < -0.39 is 0 Å². The third-order valence-electron chi connectivity index (χ3n) is 5.08. The van der Waals surface area contributed by atoms with Gasteiger partial charge in [-0.2, -0.15) is 5.10 Å². The maximum Gasteiger partial charge on any atom is 0.209 e. The Morgan fingerprint density at radius 1 is 1.11 bits per heavy atom. The van der Waals surface area contributed by atoms with Crippen molar-refractivity contribution in [2.45, 2.75) is 18.9 Å². The van der Waals surface area contributed by atoms with E-state index in [-0.39, 0.29) is 6.10 Å². The zero-order valence-electron chi connectivity index (χ0n) is 15.6. The summed E-state index contributed by atoms with van der Waals surface area (Å²) in [7, 11) is 1.61. The van der Waals surface area contributed by atoms with Crippen molar-refractivity contribution >= 4 is 23.6 Å². The van der Waals surface area contributed by atoms with E-state index in [1.165, 1.54) is 0 Å². The van der Waals surface area contributed by atoms with Crippen LogP contribution in [-0.4, -0.2) is 54.1 Å². The first-order chi connectivity index (χ1) is 13.7. The van der Waals surface area contributed by atoms with Gasteiger partial charge in [0, 0.05) is 42.4 Å². The number of hydrogen-bond acceptors (Lipinski definition) is 5. The number of amides is 1. The van der Waals surface area contributed by atoms with Gasteiger partial charge in [-0.3, -0.25) is 14.7 Å². The van der Waals surface area contributed by atoms with Crippen LogP contribution in [-0.2, 0) is 4.79 Å². The first-order valence-electron chi connectivity index (χ1n) is 9.19. The van der Waals surface area contributed by atoms with E-state index >= 15 is 0 Å². The lowest BCUT2D eigenvalue weighted by molar-refractivity contribution is -0.119. The molecule has 0 bridgehead atoms. The summed E-state index contributed by atoms with van der Waals surface area (Å²) in [4.78, 5) is 23.7. The summed E-state index contributed by atoms with van der Waals surface area (Å²) >= 11 is 0. The number of carbonyl (C=O) groups is 2. The average molecular weight is 379 g/mol. The van der Waals surface area contributed by atoms with Gasteiger partial charge >= 0.3 is 0 Å². The highest BCUT2D eigenvalue weighted by molar-refractivity contribution is 5.96. The Bertz CT molecular complexity index is 1010. The van der Waals surface area contributed by atoms with Crippen molar-refractivity contribution in [3.05, 3.63) is 42.0 Å². The minimum absolute atomic E-state index is 0.0531. The van der Waals surface area contributed by atoms with Crippen molar-refractivity contribution in [1.29, 1.82) is 0 Å². The van der Waals surface area contributed by atoms with Crippen LogP contribution in [0.2, 0.25) is 0 Å². The quantitative estimate of drug-likeness (QED) is 0.666. The molecule has 1 saturated heterocycles. The predicted octanol–water partition coefficient (Wildman–Crippen LogP) is 3.05. The first-order valence-corrected chi connectivity index (χ1v) is 9.19. The molecule has 2 heterocycles. The number of piperidine rings is 1. The van der Waals surface area contributed by atoms with Gasteiger partial charge in [-0.1, -0.05) is 0 Å². The van der Waals surface area contributed by atoms with Crippen molar-refractivity contribution in [3.8, 4) is 22.8 Å². The van der Waals surface area contributed by atoms with Crippen LogP contribution in [0.3, 0.4) is 0 Å². The number of nitrogens with one attached hydrogen (secondary N) is 1. The largest absolute Gasteiger partial charge is 0.493 e. The van der Waals surface area contributed by atoms with E-state index in [0.29, 0.717) is 30.2 Å². The predicted molar refractivity (Wildman–Crippen MR) is 105 cm³/mol. The molecule has 1 aliphatic rings. The molecule has 0 spiro atoms. The van der Waals surface area contributed by atoms with Crippen LogP contribution in [0.4, 0.5) is 0 Å². The molecule has 144 valence electrons. The number of carbonyl (C=O) groups excluding carboxylic acids is 2. The Morgan fingerprint density at radius 3 is 2.64 bits per heavy atom. The lowest BCUT2D eigenvalue weighted by Gasteiger charge is -2.29. The van der Waals surface area contributed by atoms with Crippen LogP contribution in [0.15, 0.2) is 36.4 Å². The van der Waals surface area contributed by atoms with Gasteiger partial charge in [0.1, 0.15) is 18.1 Å². The van der Waals surface area contributed by atoms with Gasteiger partial charge in [-0.15, -0.1) is 0 Å². The molecular weight excluding hydrogens is 358 g/mol. The van der Waals surface area contributed by atoms with E-state index in [0.717, 1.165) is 47.7 Å². The standard InChI is InChI=1S/C21H21N3O4/c1-27-20-11-15(21-17-10-14(12-25)2-4-18(17)22-23-21)3-5-19(20)28-16-6-8-24(13-26)9-7-16/h2-5,10-13,16H,6-9H2,1H3,(H,22,23). The zero-order valence-corrected chi connectivity index (χ0v) is 15.6. The van der Waals surface area contributed by atoms with Gasteiger partial charge in [0.05, 0.1) is 12.6 Å². The molecule has 1 amide bonds. The molecule has 28 heavy (non-hydrogen) atoms. The molecule has 1 aromatic heterocycles. The van der Waals surface area contributed by atoms with Crippen LogP contribution in [0, 0.1) is 0 Å². The zero-order chi connectivity index (χ0) is 19.5. The van der Waals surface area contributed by atoms with Crippen molar-refractivity contribution in [2.24, 2.45) is 0 Å². The number of ether oxygens (including phenoxy) is 2. The minimum atomic E-state index is 0.0531. The molecule has 1 fully saturated rings. The van der Waals surface area contributed by atoms with E-state index in [1.807, 2.05) is 30.3 Å². The normalized spacial score (nSPS) is 14.8. The van der Waals surface area contributed by atoms with Gasteiger partial charge in [-0.05, 0) is 36.4 Å². The number of aldehydes is 1.